The first-order valence-corrected chi connectivity index (χ1v) is 8.50. The van der Waals surface area contributed by atoms with Crippen molar-refractivity contribution in [1.82, 2.24) is 10.3 Å². The quantitative estimate of drug-likeness (QED) is 0.668. The van der Waals surface area contributed by atoms with Crippen LogP contribution in [-0.4, -0.2) is 17.4 Å². The minimum Gasteiger partial charge on any atom is -0.354 e. The number of pyridine rings is 1. The van der Waals surface area contributed by atoms with Gasteiger partial charge in [-0.2, -0.15) is 0 Å². The van der Waals surface area contributed by atoms with E-state index in [1.165, 1.54) is 6.07 Å². The topological polar surface area (TPSA) is 54.0 Å². The molecule has 4 nitrogen and oxygen atoms in total. The van der Waals surface area contributed by atoms with E-state index in [0.29, 0.717) is 29.2 Å². The van der Waals surface area contributed by atoms with Crippen molar-refractivity contribution in [2.45, 2.75) is 6.42 Å². The van der Waals surface area contributed by atoms with E-state index in [0.717, 1.165) is 5.69 Å². The second kappa shape index (κ2) is 8.45. The van der Waals surface area contributed by atoms with E-state index < -0.39 is 0 Å². The number of carbonyl (C=O) groups excluding carboxylic acids is 1. The van der Waals surface area contributed by atoms with E-state index in [9.17, 15) is 9.18 Å². The van der Waals surface area contributed by atoms with Gasteiger partial charge in [-0.25, -0.2) is 4.39 Å². The molecule has 0 atom stereocenters. The molecule has 0 saturated carbocycles. The number of aromatic nitrogens is 1. The van der Waals surface area contributed by atoms with Crippen molar-refractivity contribution in [2.24, 2.45) is 0 Å². The highest BCUT2D eigenvalue weighted by Gasteiger charge is 2.09. The Kier molecular flexibility index (Phi) is 5.81. The van der Waals surface area contributed by atoms with Crippen molar-refractivity contribution in [1.29, 1.82) is 0 Å². The second-order valence-electron chi connectivity index (χ2n) is 5.63. The van der Waals surface area contributed by atoms with Crippen LogP contribution in [0.5, 0.6) is 0 Å². The molecule has 0 spiro atoms. The molecule has 26 heavy (non-hydrogen) atoms. The SMILES string of the molecule is O=C(NCCc1ccccc1F)c1cc(Nc2ccccc2Cl)ccn1. The largest absolute Gasteiger partial charge is 0.354 e. The van der Waals surface area contributed by atoms with Crippen molar-refractivity contribution >= 4 is 28.9 Å². The molecule has 0 radical (unpaired) electrons. The van der Waals surface area contributed by atoms with Gasteiger partial charge in [0.15, 0.2) is 0 Å². The van der Waals surface area contributed by atoms with Gasteiger partial charge in [0.25, 0.3) is 5.91 Å². The predicted molar refractivity (Wildman–Crippen MR) is 101 cm³/mol. The highest BCUT2D eigenvalue weighted by Crippen LogP contribution is 2.24. The summed E-state index contributed by atoms with van der Waals surface area (Å²) in [4.78, 5) is 16.4. The summed E-state index contributed by atoms with van der Waals surface area (Å²) < 4.78 is 13.6. The van der Waals surface area contributed by atoms with Crippen molar-refractivity contribution < 1.29 is 9.18 Å². The number of nitrogens with one attached hydrogen (secondary N) is 2. The molecule has 0 fully saturated rings. The van der Waals surface area contributed by atoms with Crippen molar-refractivity contribution in [3.63, 3.8) is 0 Å². The zero-order chi connectivity index (χ0) is 18.4. The predicted octanol–water partition coefficient (Wildman–Crippen LogP) is 4.59. The lowest BCUT2D eigenvalue weighted by atomic mass is 10.1. The monoisotopic (exact) mass is 369 g/mol. The first-order valence-electron chi connectivity index (χ1n) is 8.13. The lowest BCUT2D eigenvalue weighted by molar-refractivity contribution is 0.0949. The van der Waals surface area contributed by atoms with Gasteiger partial charge in [-0.15, -0.1) is 0 Å². The smallest absolute Gasteiger partial charge is 0.269 e. The Morgan fingerprint density at radius 1 is 1.08 bits per heavy atom. The van der Waals surface area contributed by atoms with Crippen LogP contribution >= 0.6 is 11.6 Å². The summed E-state index contributed by atoms with van der Waals surface area (Å²) >= 11 is 6.13. The third-order valence-corrected chi connectivity index (χ3v) is 4.11. The molecule has 0 aliphatic heterocycles. The molecule has 2 N–H and O–H groups in total. The van der Waals surface area contributed by atoms with Gasteiger partial charge in [-0.1, -0.05) is 41.9 Å². The molecular formula is C20H17ClFN3O. The molecule has 3 aromatic rings. The number of rotatable bonds is 6. The molecule has 6 heteroatoms. The number of hydrogen-bond acceptors (Lipinski definition) is 3. The molecular weight excluding hydrogens is 353 g/mol. The number of amides is 1. The van der Waals surface area contributed by atoms with Crippen LogP contribution in [0.3, 0.4) is 0 Å². The molecule has 0 bridgehead atoms. The average molecular weight is 370 g/mol. The van der Waals surface area contributed by atoms with Gasteiger partial charge in [0.2, 0.25) is 0 Å². The Morgan fingerprint density at radius 3 is 2.65 bits per heavy atom. The number of carbonyl (C=O) groups is 1. The van der Waals surface area contributed by atoms with Crippen LogP contribution in [0.4, 0.5) is 15.8 Å². The molecule has 1 aromatic heterocycles. The van der Waals surface area contributed by atoms with Gasteiger partial charge in [0.1, 0.15) is 11.5 Å². The summed E-state index contributed by atoms with van der Waals surface area (Å²) in [6, 6.07) is 17.2. The average Bonchev–Trinajstić information content (AvgIpc) is 2.65. The molecule has 1 heterocycles. The standard InChI is InChI=1S/C20H17ClFN3O/c21-16-6-2-4-8-18(16)25-15-10-12-23-19(13-15)20(26)24-11-9-14-5-1-3-7-17(14)22/h1-8,10,12-13H,9,11H2,(H,23,25)(H,24,26). The Balaban J connectivity index is 1.61. The normalized spacial score (nSPS) is 10.4. The summed E-state index contributed by atoms with van der Waals surface area (Å²) in [7, 11) is 0. The fourth-order valence-corrected chi connectivity index (χ4v) is 2.64. The third-order valence-electron chi connectivity index (χ3n) is 3.78. The van der Waals surface area contributed by atoms with Crippen molar-refractivity contribution in [2.75, 3.05) is 11.9 Å². The Labute approximate surface area is 156 Å². The second-order valence-corrected chi connectivity index (χ2v) is 6.04. The van der Waals surface area contributed by atoms with Crippen LogP contribution in [0.25, 0.3) is 0 Å². The lowest BCUT2D eigenvalue weighted by Gasteiger charge is -2.10. The van der Waals surface area contributed by atoms with E-state index in [1.807, 2.05) is 18.2 Å². The summed E-state index contributed by atoms with van der Waals surface area (Å²) in [6.07, 6.45) is 1.96. The van der Waals surface area contributed by atoms with Crippen molar-refractivity contribution in [3.8, 4) is 0 Å². The van der Waals surface area contributed by atoms with Gasteiger partial charge in [-0.05, 0) is 42.3 Å². The Morgan fingerprint density at radius 2 is 1.85 bits per heavy atom. The van der Waals surface area contributed by atoms with Gasteiger partial charge in [0, 0.05) is 18.4 Å². The molecule has 0 unspecified atom stereocenters. The zero-order valence-electron chi connectivity index (χ0n) is 13.9. The minimum absolute atomic E-state index is 0.272. The maximum absolute atomic E-state index is 13.6. The van der Waals surface area contributed by atoms with E-state index in [2.05, 4.69) is 15.6 Å². The van der Waals surface area contributed by atoms with Gasteiger partial charge >= 0.3 is 0 Å². The van der Waals surface area contributed by atoms with Crippen LogP contribution in [0.15, 0.2) is 66.9 Å². The molecule has 132 valence electrons. The van der Waals surface area contributed by atoms with E-state index in [1.54, 1.807) is 42.6 Å². The van der Waals surface area contributed by atoms with Crippen molar-refractivity contribution in [3.05, 3.63) is 89.0 Å². The Hall–Kier alpha value is -2.92. The molecule has 2 aromatic carbocycles. The van der Waals surface area contributed by atoms with Gasteiger partial charge < -0.3 is 10.6 Å². The maximum Gasteiger partial charge on any atom is 0.269 e. The molecule has 3 rings (SSSR count). The summed E-state index contributed by atoms with van der Waals surface area (Å²) in [5, 5.41) is 6.49. The highest BCUT2D eigenvalue weighted by atomic mass is 35.5. The lowest BCUT2D eigenvalue weighted by Crippen LogP contribution is -2.26. The number of nitrogens with zero attached hydrogens (tertiary/aromatic N) is 1. The van der Waals surface area contributed by atoms with Gasteiger partial charge in [0.05, 0.1) is 10.7 Å². The van der Waals surface area contributed by atoms with E-state index in [4.69, 9.17) is 11.6 Å². The molecule has 0 aliphatic rings. The summed E-state index contributed by atoms with van der Waals surface area (Å²) in [5.41, 5.74) is 2.28. The summed E-state index contributed by atoms with van der Waals surface area (Å²) in [6.45, 7) is 0.323. The highest BCUT2D eigenvalue weighted by molar-refractivity contribution is 6.33. The maximum atomic E-state index is 13.6. The van der Waals surface area contributed by atoms with E-state index in [-0.39, 0.29) is 17.4 Å². The number of para-hydroxylation sites is 1. The number of hydrogen-bond donors (Lipinski definition) is 2. The van der Waals surface area contributed by atoms with Crippen LogP contribution in [0.1, 0.15) is 16.1 Å². The number of benzene rings is 2. The fraction of sp³-hybridized carbons (Fsp3) is 0.100. The number of anilines is 2. The van der Waals surface area contributed by atoms with Crippen LogP contribution < -0.4 is 10.6 Å². The first kappa shape index (κ1) is 17.9. The van der Waals surface area contributed by atoms with Gasteiger partial charge in [-0.3, -0.25) is 9.78 Å². The minimum atomic E-state index is -0.316. The summed E-state index contributed by atoms with van der Waals surface area (Å²) in [5.74, 6) is -0.588. The number of halogens is 2. The molecule has 0 aliphatic carbocycles. The zero-order valence-corrected chi connectivity index (χ0v) is 14.6. The fourth-order valence-electron chi connectivity index (χ4n) is 2.45. The van der Waals surface area contributed by atoms with Crippen LogP contribution in [0.2, 0.25) is 5.02 Å². The molecule has 1 amide bonds. The third kappa shape index (κ3) is 4.58. The Bertz CT molecular complexity index is 917. The van der Waals surface area contributed by atoms with Crippen LogP contribution in [-0.2, 0) is 6.42 Å². The van der Waals surface area contributed by atoms with E-state index >= 15 is 0 Å². The first-order chi connectivity index (χ1) is 12.6. The van der Waals surface area contributed by atoms with Crippen LogP contribution in [0, 0.1) is 5.82 Å². The molecule has 0 saturated heterocycles.